The first-order valence-corrected chi connectivity index (χ1v) is 9.35. The number of benzene rings is 1. The highest BCUT2D eigenvalue weighted by atomic mass is 35.5. The summed E-state index contributed by atoms with van der Waals surface area (Å²) in [6.45, 7) is 0.920. The number of rotatable bonds is 7. The van der Waals surface area contributed by atoms with Crippen LogP contribution < -0.4 is 4.74 Å². The Morgan fingerprint density at radius 2 is 2.08 bits per heavy atom. The third kappa shape index (κ3) is 5.03. The van der Waals surface area contributed by atoms with Crippen LogP contribution in [-0.2, 0) is 11.2 Å². The third-order valence-corrected chi connectivity index (χ3v) is 4.92. The second-order valence-corrected chi connectivity index (χ2v) is 6.97. The maximum atomic E-state index is 12.4. The van der Waals surface area contributed by atoms with E-state index in [0.29, 0.717) is 18.2 Å². The highest BCUT2D eigenvalue weighted by Crippen LogP contribution is 2.23. The van der Waals surface area contributed by atoms with Crippen molar-refractivity contribution in [2.45, 2.75) is 6.42 Å². The highest BCUT2D eigenvalue weighted by molar-refractivity contribution is 7.13. The fourth-order valence-corrected chi connectivity index (χ4v) is 3.19. The molecule has 134 valence electrons. The first-order chi connectivity index (χ1) is 12.6. The quantitative estimate of drug-likeness (QED) is 0.616. The number of nitrogens with zero attached hydrogens (tertiary/aromatic N) is 3. The number of aromatic nitrogens is 2. The average Bonchev–Trinajstić information content (AvgIpc) is 3.12. The van der Waals surface area contributed by atoms with Crippen molar-refractivity contribution in [3.63, 3.8) is 0 Å². The molecule has 1 amide bonds. The van der Waals surface area contributed by atoms with Gasteiger partial charge in [-0.2, -0.15) is 0 Å². The number of amides is 1. The van der Waals surface area contributed by atoms with Crippen molar-refractivity contribution in [3.05, 3.63) is 64.9 Å². The van der Waals surface area contributed by atoms with Gasteiger partial charge in [0.25, 0.3) is 0 Å². The van der Waals surface area contributed by atoms with Crippen LogP contribution in [0.15, 0.2) is 54.2 Å². The number of hydrogen-bond acceptors (Lipinski definition) is 5. The number of carbonyl (C=O) groups excluding carboxylic acids is 1. The van der Waals surface area contributed by atoms with E-state index in [9.17, 15) is 4.79 Å². The van der Waals surface area contributed by atoms with E-state index in [1.165, 1.54) is 11.3 Å². The maximum Gasteiger partial charge on any atom is 0.228 e. The van der Waals surface area contributed by atoms with Gasteiger partial charge in [-0.05, 0) is 36.4 Å². The summed E-state index contributed by atoms with van der Waals surface area (Å²) < 4.78 is 5.62. The molecule has 2 heterocycles. The van der Waals surface area contributed by atoms with Gasteiger partial charge >= 0.3 is 0 Å². The molecule has 2 aromatic heterocycles. The molecular weight excluding hydrogens is 370 g/mol. The lowest BCUT2D eigenvalue weighted by atomic mass is 10.3. The van der Waals surface area contributed by atoms with E-state index >= 15 is 0 Å². The van der Waals surface area contributed by atoms with Gasteiger partial charge in [-0.15, -0.1) is 11.3 Å². The van der Waals surface area contributed by atoms with Crippen molar-refractivity contribution in [2.24, 2.45) is 0 Å². The zero-order chi connectivity index (χ0) is 18.4. The summed E-state index contributed by atoms with van der Waals surface area (Å²) in [6.07, 6.45) is 3.77. The van der Waals surface area contributed by atoms with Crippen LogP contribution in [-0.4, -0.2) is 41.0 Å². The zero-order valence-electron chi connectivity index (χ0n) is 14.3. The highest BCUT2D eigenvalue weighted by Gasteiger charge is 2.13. The van der Waals surface area contributed by atoms with Crippen molar-refractivity contribution in [3.8, 4) is 16.3 Å². The van der Waals surface area contributed by atoms with Crippen LogP contribution in [0.25, 0.3) is 10.6 Å². The van der Waals surface area contributed by atoms with Crippen molar-refractivity contribution in [1.82, 2.24) is 14.9 Å². The minimum absolute atomic E-state index is 0.00717. The minimum atomic E-state index is 0.00717. The molecule has 0 bridgehead atoms. The largest absolute Gasteiger partial charge is 0.492 e. The average molecular weight is 388 g/mol. The number of carbonyl (C=O) groups is 1. The lowest BCUT2D eigenvalue weighted by Crippen LogP contribution is -2.32. The van der Waals surface area contributed by atoms with Gasteiger partial charge in [0.15, 0.2) is 0 Å². The summed E-state index contributed by atoms with van der Waals surface area (Å²) >= 11 is 7.35. The van der Waals surface area contributed by atoms with Gasteiger partial charge in [0.1, 0.15) is 17.4 Å². The Kier molecular flexibility index (Phi) is 6.20. The summed E-state index contributed by atoms with van der Waals surface area (Å²) in [5.41, 5.74) is 1.73. The Morgan fingerprint density at radius 1 is 1.27 bits per heavy atom. The van der Waals surface area contributed by atoms with Crippen LogP contribution in [0.4, 0.5) is 0 Å². The molecule has 0 aliphatic carbocycles. The Hall–Kier alpha value is -2.44. The van der Waals surface area contributed by atoms with E-state index in [1.54, 1.807) is 48.6 Å². The molecule has 0 fully saturated rings. The lowest BCUT2D eigenvalue weighted by molar-refractivity contribution is -0.129. The molecule has 0 spiro atoms. The van der Waals surface area contributed by atoms with Crippen LogP contribution in [0, 0.1) is 0 Å². The van der Waals surface area contributed by atoms with E-state index in [1.807, 2.05) is 17.5 Å². The van der Waals surface area contributed by atoms with Crippen molar-refractivity contribution in [2.75, 3.05) is 20.2 Å². The summed E-state index contributed by atoms with van der Waals surface area (Å²) in [7, 11) is 1.77. The van der Waals surface area contributed by atoms with Gasteiger partial charge in [-0.3, -0.25) is 9.78 Å². The zero-order valence-corrected chi connectivity index (χ0v) is 15.8. The molecule has 0 unspecified atom stereocenters. The van der Waals surface area contributed by atoms with E-state index in [-0.39, 0.29) is 12.3 Å². The fraction of sp³-hybridized carbons (Fsp3) is 0.211. The second kappa shape index (κ2) is 8.78. The Morgan fingerprint density at radius 3 is 2.81 bits per heavy atom. The molecule has 0 aliphatic rings. The Labute approximate surface area is 161 Å². The molecule has 3 rings (SSSR count). The number of pyridine rings is 1. The number of thiazole rings is 1. The van der Waals surface area contributed by atoms with Crippen molar-refractivity contribution >= 4 is 28.8 Å². The van der Waals surface area contributed by atoms with Gasteiger partial charge in [-0.25, -0.2) is 4.98 Å². The predicted molar refractivity (Wildman–Crippen MR) is 104 cm³/mol. The van der Waals surface area contributed by atoms with Crippen LogP contribution in [0.5, 0.6) is 5.75 Å². The molecule has 3 aromatic rings. The molecule has 0 N–H and O–H groups in total. The molecule has 0 radical (unpaired) electrons. The van der Waals surface area contributed by atoms with Crippen LogP contribution in [0.1, 0.15) is 5.69 Å². The van der Waals surface area contributed by atoms with Gasteiger partial charge in [0, 0.05) is 35.4 Å². The molecule has 0 aliphatic heterocycles. The first kappa shape index (κ1) is 18.4. The lowest BCUT2D eigenvalue weighted by Gasteiger charge is -2.17. The molecule has 1 aromatic carbocycles. The molecule has 0 saturated carbocycles. The molecule has 0 atom stereocenters. The monoisotopic (exact) mass is 387 g/mol. The van der Waals surface area contributed by atoms with Gasteiger partial charge in [-0.1, -0.05) is 11.6 Å². The maximum absolute atomic E-state index is 12.4. The van der Waals surface area contributed by atoms with Crippen LogP contribution in [0.2, 0.25) is 5.02 Å². The Balaban J connectivity index is 1.48. The van der Waals surface area contributed by atoms with Crippen molar-refractivity contribution < 1.29 is 9.53 Å². The first-order valence-electron chi connectivity index (χ1n) is 8.09. The topological polar surface area (TPSA) is 55.3 Å². The molecule has 5 nitrogen and oxygen atoms in total. The SMILES string of the molecule is CN(CCOc1ccc(Cl)cc1)C(=O)Cc1csc(-c2cccnc2)n1. The summed E-state index contributed by atoms with van der Waals surface area (Å²) in [6, 6.07) is 11.0. The molecule has 26 heavy (non-hydrogen) atoms. The van der Waals surface area contributed by atoms with Gasteiger partial charge in [0.05, 0.1) is 18.7 Å². The van der Waals surface area contributed by atoms with Gasteiger partial charge < -0.3 is 9.64 Å². The molecular formula is C19H18ClN3O2S. The van der Waals surface area contributed by atoms with E-state index < -0.39 is 0 Å². The van der Waals surface area contributed by atoms with E-state index in [2.05, 4.69) is 9.97 Å². The number of hydrogen-bond donors (Lipinski definition) is 0. The Bertz CT molecular complexity index is 853. The smallest absolute Gasteiger partial charge is 0.228 e. The second-order valence-electron chi connectivity index (χ2n) is 5.68. The summed E-state index contributed by atoms with van der Waals surface area (Å²) in [5.74, 6) is 0.739. The normalized spacial score (nSPS) is 10.5. The standard InChI is InChI=1S/C19H18ClN3O2S/c1-23(9-10-25-17-6-4-15(20)5-7-17)18(24)11-16-13-26-19(22-16)14-3-2-8-21-12-14/h2-8,12-13H,9-11H2,1H3. The minimum Gasteiger partial charge on any atom is -0.492 e. The van der Waals surface area contributed by atoms with Gasteiger partial charge in [0.2, 0.25) is 5.91 Å². The summed E-state index contributed by atoms with van der Waals surface area (Å²) in [5, 5.41) is 3.45. The van der Waals surface area contributed by atoms with Crippen LogP contribution >= 0.6 is 22.9 Å². The third-order valence-electron chi connectivity index (χ3n) is 3.73. The number of likely N-dealkylation sites (N-methyl/N-ethyl adjacent to an activating group) is 1. The number of halogens is 1. The number of ether oxygens (including phenoxy) is 1. The van der Waals surface area contributed by atoms with E-state index in [0.717, 1.165) is 22.0 Å². The fourth-order valence-electron chi connectivity index (χ4n) is 2.26. The predicted octanol–water partition coefficient (Wildman–Crippen LogP) is 3.94. The molecule has 0 saturated heterocycles. The van der Waals surface area contributed by atoms with E-state index in [4.69, 9.17) is 16.3 Å². The van der Waals surface area contributed by atoms with Crippen LogP contribution in [0.3, 0.4) is 0 Å². The molecule has 7 heteroatoms. The summed E-state index contributed by atoms with van der Waals surface area (Å²) in [4.78, 5) is 22.6. The van der Waals surface area contributed by atoms with Crippen molar-refractivity contribution in [1.29, 1.82) is 0 Å².